The van der Waals surface area contributed by atoms with Crippen molar-refractivity contribution in [2.75, 3.05) is 6.26 Å². The predicted octanol–water partition coefficient (Wildman–Crippen LogP) is -0.00670. The zero-order valence-electron chi connectivity index (χ0n) is 12.8. The highest BCUT2D eigenvalue weighted by molar-refractivity contribution is 8.11. The number of nitrogens with two attached hydrogens (primary N) is 1. The van der Waals surface area contributed by atoms with Crippen molar-refractivity contribution in [3.63, 3.8) is 0 Å². The summed E-state index contributed by atoms with van der Waals surface area (Å²) in [7, 11) is 0. The second-order valence-electron chi connectivity index (χ2n) is 5.27. The van der Waals surface area contributed by atoms with E-state index in [0.29, 0.717) is 11.8 Å². The second kappa shape index (κ2) is 8.80. The lowest BCUT2D eigenvalue weighted by Crippen LogP contribution is -2.64. The smallest absolute Gasteiger partial charge is 0.388 e. The monoisotopic (exact) mass is 411 g/mol. The average molecular weight is 411 g/mol. The summed E-state index contributed by atoms with van der Waals surface area (Å²) in [6, 6.07) is -1.56. The molecule has 1 saturated heterocycles. The summed E-state index contributed by atoms with van der Waals surface area (Å²) in [6.45, 7) is 1.47. The first-order valence-electron chi connectivity index (χ1n) is 6.84. The van der Waals surface area contributed by atoms with Crippen LogP contribution in [0.2, 0.25) is 0 Å². The Balaban J connectivity index is 3.07. The van der Waals surface area contributed by atoms with Crippen molar-refractivity contribution < 1.29 is 38.0 Å². The molecule has 1 fully saturated rings. The molecule has 0 aromatic carbocycles. The number of ether oxygens (including phenoxy) is 1. The van der Waals surface area contributed by atoms with Crippen LogP contribution >= 0.6 is 36.2 Å². The maximum absolute atomic E-state index is 12.8. The molecule has 0 saturated carbocycles. The number of hydrogen-bond donors (Lipinski definition) is 5. The van der Waals surface area contributed by atoms with E-state index >= 15 is 0 Å². The largest absolute Gasteiger partial charge is 0.451 e. The number of aliphatic hydroxyl groups excluding tert-OH is 3. The molecule has 142 valence electrons. The van der Waals surface area contributed by atoms with Crippen molar-refractivity contribution in [1.82, 2.24) is 0 Å². The number of ketones is 1. The topological polar surface area (TPSA) is 113 Å². The summed E-state index contributed by atoms with van der Waals surface area (Å²) in [5.74, 6) is -2.07. The maximum atomic E-state index is 12.8. The maximum Gasteiger partial charge on any atom is 0.451 e. The van der Waals surface area contributed by atoms with Crippen LogP contribution < -0.4 is 5.73 Å². The molecular weight excluding hydrogens is 391 g/mol. The molecule has 5 N–H and O–H groups in total. The number of rotatable bonds is 6. The summed E-state index contributed by atoms with van der Waals surface area (Å²) in [5, 5.41) is 27.9. The first kappa shape index (κ1) is 22.4. The minimum absolute atomic E-state index is 0.577. The predicted molar refractivity (Wildman–Crippen MR) is 89.1 cm³/mol. The number of halogens is 3. The Morgan fingerprint density at radius 1 is 1.25 bits per heavy atom. The van der Waals surface area contributed by atoms with Crippen LogP contribution in [0, 0.1) is 0 Å². The van der Waals surface area contributed by atoms with Crippen LogP contribution in [0.1, 0.15) is 6.92 Å². The standard InChI is InChI=1S/C12H20F3NO5S3/c1-3(22)24-9(10(20)12(13,14)15)4(16)8-6(18)5(17)7(19)11(21-8)23-2/h3-9,11,17-19,22H,16H2,1-2H3/t3-,4+,5?,6?,7?,8?,9-,11?/m1/s1. The van der Waals surface area contributed by atoms with Gasteiger partial charge in [-0.2, -0.15) is 25.8 Å². The summed E-state index contributed by atoms with van der Waals surface area (Å²) in [6.07, 6.45) is -9.87. The molecular formula is C12H20F3NO5S3. The molecule has 8 atom stereocenters. The molecule has 0 aromatic rings. The summed E-state index contributed by atoms with van der Waals surface area (Å²) in [4.78, 5) is 11.7. The van der Waals surface area contributed by atoms with Gasteiger partial charge in [0.25, 0.3) is 5.78 Å². The Morgan fingerprint density at radius 3 is 2.21 bits per heavy atom. The fourth-order valence-electron chi connectivity index (χ4n) is 2.26. The van der Waals surface area contributed by atoms with Crippen molar-refractivity contribution in [3.8, 4) is 0 Å². The SMILES string of the molecule is CSC1OC([C@H](N)[C@@H](S[C@H](C)S)C(=O)C(F)(F)F)C(O)C(O)C1O. The van der Waals surface area contributed by atoms with Crippen molar-refractivity contribution in [3.05, 3.63) is 0 Å². The summed E-state index contributed by atoms with van der Waals surface area (Å²) >= 11 is 5.54. The van der Waals surface area contributed by atoms with E-state index in [1.165, 1.54) is 6.92 Å². The Kier molecular flexibility index (Phi) is 8.20. The van der Waals surface area contributed by atoms with E-state index in [0.717, 1.165) is 11.8 Å². The molecule has 0 aromatic heterocycles. The van der Waals surface area contributed by atoms with Gasteiger partial charge in [0.2, 0.25) is 0 Å². The third kappa shape index (κ3) is 5.16. The van der Waals surface area contributed by atoms with Crippen LogP contribution in [0.4, 0.5) is 13.2 Å². The van der Waals surface area contributed by atoms with E-state index in [2.05, 4.69) is 12.6 Å². The van der Waals surface area contributed by atoms with E-state index in [1.807, 2.05) is 0 Å². The zero-order chi connectivity index (χ0) is 18.8. The van der Waals surface area contributed by atoms with Crippen LogP contribution in [0.25, 0.3) is 0 Å². The van der Waals surface area contributed by atoms with Crippen molar-refractivity contribution in [1.29, 1.82) is 0 Å². The van der Waals surface area contributed by atoms with Gasteiger partial charge in [0.1, 0.15) is 29.9 Å². The fourth-order valence-corrected chi connectivity index (χ4v) is 4.35. The van der Waals surface area contributed by atoms with E-state index in [1.54, 1.807) is 6.26 Å². The minimum Gasteiger partial charge on any atom is -0.388 e. The summed E-state index contributed by atoms with van der Waals surface area (Å²) < 4.78 is 43.1. The number of Topliss-reactive ketones (excluding diaryl/α,β-unsaturated/α-hetero) is 1. The first-order valence-corrected chi connectivity index (χ1v) is 9.59. The molecule has 5 unspecified atom stereocenters. The van der Waals surface area contributed by atoms with Gasteiger partial charge < -0.3 is 25.8 Å². The lowest BCUT2D eigenvalue weighted by atomic mass is 9.92. The van der Waals surface area contributed by atoms with Crippen molar-refractivity contribution in [2.24, 2.45) is 5.73 Å². The highest BCUT2D eigenvalue weighted by Gasteiger charge is 2.52. The van der Waals surface area contributed by atoms with Gasteiger partial charge in [0.15, 0.2) is 0 Å². The molecule has 0 bridgehead atoms. The molecule has 1 rings (SSSR count). The van der Waals surface area contributed by atoms with E-state index < -0.39 is 57.7 Å². The number of carbonyl (C=O) groups excluding carboxylic acids is 1. The normalized spacial score (nSPS) is 35.3. The third-order valence-corrected chi connectivity index (χ3v) is 5.88. The van der Waals surface area contributed by atoms with Gasteiger partial charge in [-0.3, -0.25) is 4.79 Å². The van der Waals surface area contributed by atoms with Gasteiger partial charge in [-0.15, -0.1) is 23.5 Å². The molecule has 0 amide bonds. The van der Waals surface area contributed by atoms with Gasteiger partial charge in [-0.25, -0.2) is 0 Å². The molecule has 0 radical (unpaired) electrons. The first-order chi connectivity index (χ1) is 10.9. The van der Waals surface area contributed by atoms with E-state index in [-0.39, 0.29) is 0 Å². The Morgan fingerprint density at radius 2 is 1.79 bits per heavy atom. The number of alkyl halides is 3. The van der Waals surface area contributed by atoms with Gasteiger partial charge in [0, 0.05) is 4.58 Å². The van der Waals surface area contributed by atoms with Crippen LogP contribution in [-0.2, 0) is 9.53 Å². The van der Waals surface area contributed by atoms with Crippen molar-refractivity contribution >= 4 is 41.9 Å². The molecule has 1 heterocycles. The third-order valence-electron chi connectivity index (χ3n) is 3.45. The zero-order valence-corrected chi connectivity index (χ0v) is 15.3. The molecule has 24 heavy (non-hydrogen) atoms. The van der Waals surface area contributed by atoms with Gasteiger partial charge >= 0.3 is 6.18 Å². The lowest BCUT2D eigenvalue weighted by molar-refractivity contribution is -0.204. The number of carbonyl (C=O) groups is 1. The number of hydrogen-bond acceptors (Lipinski definition) is 9. The van der Waals surface area contributed by atoms with Crippen LogP contribution in [0.15, 0.2) is 0 Å². The molecule has 6 nitrogen and oxygen atoms in total. The molecule has 12 heteroatoms. The Hall–Kier alpha value is 0.310. The van der Waals surface area contributed by atoms with Crippen LogP contribution in [-0.4, -0.2) is 79.3 Å². The van der Waals surface area contributed by atoms with Crippen LogP contribution in [0.3, 0.4) is 0 Å². The van der Waals surface area contributed by atoms with Gasteiger partial charge in [-0.05, 0) is 13.2 Å². The number of thiol groups is 1. The van der Waals surface area contributed by atoms with E-state index in [9.17, 15) is 33.3 Å². The molecule has 1 aliphatic rings. The highest BCUT2D eigenvalue weighted by Crippen LogP contribution is 2.35. The quantitative estimate of drug-likeness (QED) is 0.307. The average Bonchev–Trinajstić information content (AvgIpc) is 2.48. The van der Waals surface area contributed by atoms with Gasteiger partial charge in [-0.1, -0.05) is 0 Å². The fraction of sp³-hybridized carbons (Fsp3) is 0.917. The highest BCUT2D eigenvalue weighted by atomic mass is 32.2. The van der Waals surface area contributed by atoms with E-state index in [4.69, 9.17) is 10.5 Å². The Labute approximate surface area is 151 Å². The van der Waals surface area contributed by atoms with Gasteiger partial charge in [0.05, 0.1) is 11.3 Å². The molecule has 0 spiro atoms. The lowest BCUT2D eigenvalue weighted by Gasteiger charge is -2.43. The molecule has 0 aliphatic carbocycles. The Bertz CT molecular complexity index is 441. The van der Waals surface area contributed by atoms with Crippen LogP contribution in [0.5, 0.6) is 0 Å². The second-order valence-corrected chi connectivity index (χ2v) is 8.82. The number of aliphatic hydroxyl groups is 3. The van der Waals surface area contributed by atoms with Crippen molar-refractivity contribution in [2.45, 2.75) is 58.8 Å². The molecule has 1 aliphatic heterocycles. The summed E-state index contributed by atoms with van der Waals surface area (Å²) in [5.41, 5.74) is 4.79. The number of thioether (sulfide) groups is 2. The minimum atomic E-state index is -5.12.